The van der Waals surface area contributed by atoms with Crippen molar-refractivity contribution in [2.24, 2.45) is 5.92 Å². The number of anilines is 1. The van der Waals surface area contributed by atoms with E-state index in [2.05, 4.69) is 40.0 Å². The van der Waals surface area contributed by atoms with Gasteiger partial charge in [-0.3, -0.25) is 0 Å². The number of halogens is 2. The molecule has 1 aliphatic heterocycles. The molecule has 1 fully saturated rings. The number of nitrogens with zero attached hydrogens (tertiary/aromatic N) is 1. The second-order valence-electron chi connectivity index (χ2n) is 5.79. The van der Waals surface area contributed by atoms with Crippen LogP contribution in [0.25, 0.3) is 0 Å². The molecule has 0 aliphatic carbocycles. The Morgan fingerprint density at radius 3 is 2.65 bits per heavy atom. The Morgan fingerprint density at radius 2 is 2.05 bits per heavy atom. The van der Waals surface area contributed by atoms with Crippen molar-refractivity contribution >= 4 is 21.6 Å². The Balaban J connectivity index is 1.98. The Hall–Kier alpha value is -0.610. The van der Waals surface area contributed by atoms with Crippen molar-refractivity contribution in [3.8, 4) is 0 Å². The Bertz CT molecular complexity index is 456. The third-order valence-corrected chi connectivity index (χ3v) is 5.04. The molecule has 0 amide bonds. The molecule has 112 valence electrons. The Labute approximate surface area is 129 Å². The van der Waals surface area contributed by atoms with Gasteiger partial charge < -0.3 is 10.2 Å². The van der Waals surface area contributed by atoms with Crippen LogP contribution in [0.15, 0.2) is 16.6 Å². The van der Waals surface area contributed by atoms with E-state index in [9.17, 15) is 4.39 Å². The quantitative estimate of drug-likeness (QED) is 0.870. The highest BCUT2D eigenvalue weighted by molar-refractivity contribution is 9.10. The number of likely N-dealkylation sites (tertiary alicyclic amines) is 1. The summed E-state index contributed by atoms with van der Waals surface area (Å²) in [6.45, 7) is 9.95. The predicted molar refractivity (Wildman–Crippen MR) is 86.8 cm³/mol. The van der Waals surface area contributed by atoms with E-state index in [1.807, 2.05) is 13.0 Å². The van der Waals surface area contributed by atoms with Gasteiger partial charge in [0.25, 0.3) is 0 Å². The van der Waals surface area contributed by atoms with Crippen LogP contribution in [0.1, 0.15) is 32.3 Å². The summed E-state index contributed by atoms with van der Waals surface area (Å²) in [7, 11) is 0. The van der Waals surface area contributed by atoms with E-state index in [4.69, 9.17) is 0 Å². The molecule has 1 heterocycles. The molecule has 0 radical (unpaired) electrons. The van der Waals surface area contributed by atoms with Gasteiger partial charge in [-0.05, 0) is 85.9 Å². The average Bonchev–Trinajstić information content (AvgIpc) is 2.44. The molecule has 0 saturated carbocycles. The Kier molecular flexibility index (Phi) is 5.44. The van der Waals surface area contributed by atoms with Gasteiger partial charge in [0.05, 0.1) is 4.47 Å². The minimum Gasteiger partial charge on any atom is -0.382 e. The first-order chi connectivity index (χ1) is 9.51. The lowest BCUT2D eigenvalue weighted by atomic mass is 9.90. The van der Waals surface area contributed by atoms with Gasteiger partial charge in [0.2, 0.25) is 0 Å². The van der Waals surface area contributed by atoms with E-state index in [0.29, 0.717) is 16.4 Å². The molecule has 0 aromatic heterocycles. The molecule has 1 aliphatic rings. The maximum absolute atomic E-state index is 13.5. The van der Waals surface area contributed by atoms with Crippen LogP contribution in [0.3, 0.4) is 0 Å². The molecule has 1 aromatic carbocycles. The third kappa shape index (κ3) is 3.73. The number of rotatable bonds is 4. The number of aryl methyl sites for hydroxylation is 1. The van der Waals surface area contributed by atoms with Gasteiger partial charge in [0, 0.05) is 11.7 Å². The largest absolute Gasteiger partial charge is 0.382 e. The molecule has 1 saturated heterocycles. The van der Waals surface area contributed by atoms with Crippen molar-refractivity contribution in [2.45, 2.75) is 39.7 Å². The van der Waals surface area contributed by atoms with Gasteiger partial charge in [0.1, 0.15) is 5.82 Å². The van der Waals surface area contributed by atoms with Crippen LogP contribution in [-0.4, -0.2) is 30.6 Å². The number of hydrogen-bond donors (Lipinski definition) is 1. The van der Waals surface area contributed by atoms with Gasteiger partial charge in [-0.2, -0.15) is 0 Å². The summed E-state index contributed by atoms with van der Waals surface area (Å²) in [6.07, 6.45) is 2.48. The van der Waals surface area contributed by atoms with Crippen LogP contribution >= 0.6 is 15.9 Å². The zero-order valence-electron chi connectivity index (χ0n) is 12.5. The minimum absolute atomic E-state index is 0.197. The summed E-state index contributed by atoms with van der Waals surface area (Å²) in [4.78, 5) is 2.50. The van der Waals surface area contributed by atoms with E-state index in [1.54, 1.807) is 6.07 Å². The van der Waals surface area contributed by atoms with Crippen molar-refractivity contribution in [3.05, 3.63) is 28.0 Å². The first-order valence-electron chi connectivity index (χ1n) is 7.45. The van der Waals surface area contributed by atoms with Crippen molar-refractivity contribution < 1.29 is 4.39 Å². The van der Waals surface area contributed by atoms with Crippen LogP contribution in [0.5, 0.6) is 0 Å². The smallest absolute Gasteiger partial charge is 0.137 e. The molecule has 1 N–H and O–H groups in total. The zero-order chi connectivity index (χ0) is 14.7. The highest BCUT2D eigenvalue weighted by atomic mass is 79.9. The second kappa shape index (κ2) is 6.90. The zero-order valence-corrected chi connectivity index (χ0v) is 14.1. The number of piperidine rings is 1. The van der Waals surface area contributed by atoms with Crippen LogP contribution < -0.4 is 5.32 Å². The van der Waals surface area contributed by atoms with Gasteiger partial charge in [-0.25, -0.2) is 4.39 Å². The van der Waals surface area contributed by atoms with Crippen LogP contribution in [0.2, 0.25) is 0 Å². The summed E-state index contributed by atoms with van der Waals surface area (Å²) < 4.78 is 14.0. The fourth-order valence-corrected chi connectivity index (χ4v) is 3.28. The maximum Gasteiger partial charge on any atom is 0.137 e. The lowest BCUT2D eigenvalue weighted by Crippen LogP contribution is -2.39. The molecule has 1 aromatic rings. The number of nitrogens with one attached hydrogen (secondary N) is 1. The van der Waals surface area contributed by atoms with Crippen LogP contribution in [-0.2, 0) is 0 Å². The SMILES string of the molecule is CCN1CCC(C(C)Nc2cc(Br)c(F)cc2C)CC1. The fourth-order valence-electron chi connectivity index (χ4n) is 2.93. The van der Waals surface area contributed by atoms with E-state index >= 15 is 0 Å². The topological polar surface area (TPSA) is 15.3 Å². The predicted octanol–water partition coefficient (Wildman–Crippen LogP) is 4.43. The van der Waals surface area contributed by atoms with E-state index < -0.39 is 0 Å². The molecule has 4 heteroatoms. The van der Waals surface area contributed by atoms with E-state index in [1.165, 1.54) is 25.9 Å². The second-order valence-corrected chi connectivity index (χ2v) is 6.64. The molecule has 0 bridgehead atoms. The van der Waals surface area contributed by atoms with Crippen molar-refractivity contribution in [3.63, 3.8) is 0 Å². The molecule has 1 unspecified atom stereocenters. The molecule has 2 nitrogen and oxygen atoms in total. The summed E-state index contributed by atoms with van der Waals surface area (Å²) >= 11 is 3.26. The molecular weight excluding hydrogens is 319 g/mol. The third-order valence-electron chi connectivity index (χ3n) is 4.44. The summed E-state index contributed by atoms with van der Waals surface area (Å²) in [5.74, 6) is 0.498. The summed E-state index contributed by atoms with van der Waals surface area (Å²) in [6, 6.07) is 3.85. The van der Waals surface area contributed by atoms with E-state index in [-0.39, 0.29) is 5.82 Å². The monoisotopic (exact) mass is 342 g/mol. The maximum atomic E-state index is 13.5. The lowest BCUT2D eigenvalue weighted by molar-refractivity contribution is 0.183. The molecule has 1 atom stereocenters. The fraction of sp³-hybridized carbons (Fsp3) is 0.625. The van der Waals surface area contributed by atoms with Crippen LogP contribution in [0.4, 0.5) is 10.1 Å². The van der Waals surface area contributed by atoms with Crippen molar-refractivity contribution in [1.29, 1.82) is 0 Å². The van der Waals surface area contributed by atoms with Gasteiger partial charge >= 0.3 is 0 Å². The first kappa shape index (κ1) is 15.8. The summed E-state index contributed by atoms with van der Waals surface area (Å²) in [5, 5.41) is 3.57. The van der Waals surface area contributed by atoms with E-state index in [0.717, 1.165) is 17.8 Å². The van der Waals surface area contributed by atoms with Crippen molar-refractivity contribution in [2.75, 3.05) is 25.0 Å². The van der Waals surface area contributed by atoms with Crippen LogP contribution in [0, 0.1) is 18.7 Å². The number of benzene rings is 1. The molecular formula is C16H24BrFN2. The number of hydrogen-bond acceptors (Lipinski definition) is 2. The Morgan fingerprint density at radius 1 is 1.40 bits per heavy atom. The molecule has 20 heavy (non-hydrogen) atoms. The molecule has 0 spiro atoms. The lowest BCUT2D eigenvalue weighted by Gasteiger charge is -2.35. The molecule has 2 rings (SSSR count). The van der Waals surface area contributed by atoms with Gasteiger partial charge in [-0.1, -0.05) is 6.92 Å². The van der Waals surface area contributed by atoms with Gasteiger partial charge in [-0.15, -0.1) is 0 Å². The highest BCUT2D eigenvalue weighted by Crippen LogP contribution is 2.28. The van der Waals surface area contributed by atoms with Gasteiger partial charge in [0.15, 0.2) is 0 Å². The van der Waals surface area contributed by atoms with Crippen molar-refractivity contribution in [1.82, 2.24) is 4.90 Å². The average molecular weight is 343 g/mol. The normalized spacial score (nSPS) is 19.1. The highest BCUT2D eigenvalue weighted by Gasteiger charge is 2.23. The first-order valence-corrected chi connectivity index (χ1v) is 8.25. The standard InChI is InChI=1S/C16H24BrFN2/c1-4-20-7-5-13(6-8-20)12(3)19-16-10-14(17)15(18)9-11(16)2/h9-10,12-13,19H,4-8H2,1-3H3. The summed E-state index contributed by atoms with van der Waals surface area (Å²) in [5.41, 5.74) is 1.99. The minimum atomic E-state index is -0.197.